The van der Waals surface area contributed by atoms with Gasteiger partial charge in [0.2, 0.25) is 0 Å². The second-order valence-electron chi connectivity index (χ2n) is 9.75. The molecule has 0 aliphatic carbocycles. The van der Waals surface area contributed by atoms with Crippen LogP contribution in [0.15, 0.2) is 59.5 Å². The average molecular weight is 591 g/mol. The van der Waals surface area contributed by atoms with E-state index in [1.807, 2.05) is 24.4 Å². The summed E-state index contributed by atoms with van der Waals surface area (Å²) >= 11 is 3.65. The van der Waals surface area contributed by atoms with Crippen molar-refractivity contribution in [2.75, 3.05) is 51.3 Å². The molecule has 0 saturated carbocycles. The number of nitrogens with one attached hydrogen (secondary N) is 3. The summed E-state index contributed by atoms with van der Waals surface area (Å²) in [7, 11) is 0. The lowest BCUT2D eigenvalue weighted by molar-refractivity contribution is 0.0230. The Labute approximate surface area is 236 Å². The number of fused-ring (bicyclic) bond motifs is 1. The van der Waals surface area contributed by atoms with Crippen molar-refractivity contribution in [1.29, 1.82) is 0 Å². The standard InChI is InChI=1S/C29H32BrN7O2/c30-20-5-1-4-19(14-20)23-15-24(22-7-3-8-33-27(22)25-17-32-11-13-39-25)37-29-26(23)28(35-18-36-29)34-9-2-6-21-16-31-10-12-38-21/h1,3-5,7-8,14-15,18,21,25,31-32H,2,6,9-13,16-17H2,(H,34,35,36,37). The highest BCUT2D eigenvalue weighted by Gasteiger charge is 2.23. The average Bonchev–Trinajstić information content (AvgIpc) is 3.00. The van der Waals surface area contributed by atoms with Gasteiger partial charge in [-0.05, 0) is 54.3 Å². The molecule has 10 heteroatoms. The third kappa shape index (κ3) is 6.10. The molecule has 202 valence electrons. The maximum Gasteiger partial charge on any atom is 0.165 e. The number of hydrogen-bond donors (Lipinski definition) is 3. The molecule has 2 fully saturated rings. The molecule has 1 aromatic carbocycles. The fraction of sp³-hybridized carbons (Fsp3) is 0.379. The summed E-state index contributed by atoms with van der Waals surface area (Å²) in [6.45, 7) is 5.62. The van der Waals surface area contributed by atoms with Crippen molar-refractivity contribution in [3.8, 4) is 22.4 Å². The number of pyridine rings is 2. The number of anilines is 1. The summed E-state index contributed by atoms with van der Waals surface area (Å²) in [5.74, 6) is 0.780. The van der Waals surface area contributed by atoms with Gasteiger partial charge < -0.3 is 25.4 Å². The van der Waals surface area contributed by atoms with Crippen molar-refractivity contribution in [2.45, 2.75) is 25.0 Å². The van der Waals surface area contributed by atoms with Crippen LogP contribution in [-0.2, 0) is 9.47 Å². The minimum absolute atomic E-state index is 0.132. The lowest BCUT2D eigenvalue weighted by atomic mass is 9.98. The number of halogens is 1. The van der Waals surface area contributed by atoms with Crippen molar-refractivity contribution in [2.24, 2.45) is 0 Å². The molecule has 0 spiro atoms. The Hall–Kier alpha value is -3.02. The van der Waals surface area contributed by atoms with Crippen molar-refractivity contribution < 1.29 is 9.47 Å². The van der Waals surface area contributed by atoms with Gasteiger partial charge >= 0.3 is 0 Å². The molecule has 2 atom stereocenters. The fourth-order valence-electron chi connectivity index (χ4n) is 5.19. The minimum Gasteiger partial charge on any atom is -0.376 e. The molecule has 0 radical (unpaired) electrons. The first kappa shape index (κ1) is 26.2. The summed E-state index contributed by atoms with van der Waals surface area (Å²) in [5, 5.41) is 11.3. The normalized spacial score (nSPS) is 19.7. The van der Waals surface area contributed by atoms with Crippen LogP contribution in [0.3, 0.4) is 0 Å². The van der Waals surface area contributed by atoms with Crippen LogP contribution in [0.2, 0.25) is 0 Å². The fourth-order valence-corrected chi connectivity index (χ4v) is 5.59. The molecule has 2 aliphatic rings. The predicted molar refractivity (Wildman–Crippen MR) is 156 cm³/mol. The van der Waals surface area contributed by atoms with Gasteiger partial charge in [0.25, 0.3) is 0 Å². The van der Waals surface area contributed by atoms with Crippen LogP contribution in [0.4, 0.5) is 5.82 Å². The van der Waals surface area contributed by atoms with Crippen LogP contribution >= 0.6 is 15.9 Å². The number of benzene rings is 1. The topological polar surface area (TPSA) is 106 Å². The van der Waals surface area contributed by atoms with Crippen LogP contribution in [0, 0.1) is 0 Å². The Balaban J connectivity index is 1.38. The second-order valence-corrected chi connectivity index (χ2v) is 10.7. The lowest BCUT2D eigenvalue weighted by Crippen LogP contribution is -2.38. The molecular formula is C29H32BrN7O2. The quantitative estimate of drug-likeness (QED) is 0.258. The molecule has 39 heavy (non-hydrogen) atoms. The van der Waals surface area contributed by atoms with Gasteiger partial charge in [0.05, 0.1) is 36.1 Å². The van der Waals surface area contributed by atoms with Gasteiger partial charge in [-0.15, -0.1) is 0 Å². The highest BCUT2D eigenvalue weighted by molar-refractivity contribution is 9.10. The lowest BCUT2D eigenvalue weighted by Gasteiger charge is -2.25. The smallest absolute Gasteiger partial charge is 0.165 e. The maximum absolute atomic E-state index is 6.05. The number of rotatable bonds is 8. The number of hydrogen-bond acceptors (Lipinski definition) is 9. The number of aromatic nitrogens is 4. The number of morpholine rings is 2. The van der Waals surface area contributed by atoms with Gasteiger partial charge in [-0.25, -0.2) is 15.0 Å². The van der Waals surface area contributed by atoms with Crippen molar-refractivity contribution in [3.05, 3.63) is 65.2 Å². The Morgan fingerprint density at radius 3 is 2.67 bits per heavy atom. The summed E-state index contributed by atoms with van der Waals surface area (Å²) in [5.41, 5.74) is 5.33. The van der Waals surface area contributed by atoms with E-state index in [0.29, 0.717) is 18.8 Å². The van der Waals surface area contributed by atoms with Crippen LogP contribution in [0.5, 0.6) is 0 Å². The molecule has 2 aliphatic heterocycles. The van der Waals surface area contributed by atoms with E-state index >= 15 is 0 Å². The van der Waals surface area contributed by atoms with Crippen molar-refractivity contribution in [1.82, 2.24) is 30.6 Å². The number of ether oxygens (including phenoxy) is 2. The maximum atomic E-state index is 6.05. The zero-order chi connectivity index (χ0) is 26.4. The second kappa shape index (κ2) is 12.4. The van der Waals surface area contributed by atoms with Gasteiger partial charge in [0.1, 0.15) is 18.2 Å². The first-order valence-electron chi connectivity index (χ1n) is 13.5. The van der Waals surface area contributed by atoms with Crippen molar-refractivity contribution in [3.63, 3.8) is 0 Å². The summed E-state index contributed by atoms with van der Waals surface area (Å²) < 4.78 is 12.9. The largest absolute Gasteiger partial charge is 0.376 e. The third-order valence-electron chi connectivity index (χ3n) is 7.09. The first-order chi connectivity index (χ1) is 19.3. The van der Waals surface area contributed by atoms with Gasteiger partial charge in [0, 0.05) is 49.0 Å². The van der Waals surface area contributed by atoms with Gasteiger partial charge in [-0.2, -0.15) is 0 Å². The van der Waals surface area contributed by atoms with Gasteiger partial charge in [-0.1, -0.05) is 28.1 Å². The summed E-state index contributed by atoms with van der Waals surface area (Å²) in [6.07, 6.45) is 5.49. The molecular weight excluding hydrogens is 558 g/mol. The molecule has 0 bridgehead atoms. The van der Waals surface area contributed by atoms with E-state index in [-0.39, 0.29) is 12.2 Å². The van der Waals surface area contributed by atoms with E-state index in [9.17, 15) is 0 Å². The molecule has 3 N–H and O–H groups in total. The summed E-state index contributed by atoms with van der Waals surface area (Å²) in [4.78, 5) is 19.0. The Kier molecular flexibility index (Phi) is 8.36. The first-order valence-corrected chi connectivity index (χ1v) is 14.3. The molecule has 4 aromatic rings. The van der Waals surface area contributed by atoms with E-state index in [2.05, 4.69) is 66.1 Å². The zero-order valence-electron chi connectivity index (χ0n) is 21.7. The van der Waals surface area contributed by atoms with Crippen LogP contribution in [0.1, 0.15) is 24.6 Å². The SMILES string of the molecule is Brc1cccc(-c2cc(-c3cccnc3C3CNCCO3)nc3ncnc(NCCCC4CNCCO4)c23)c1. The number of nitrogens with zero attached hydrogens (tertiary/aromatic N) is 4. The molecule has 2 unspecified atom stereocenters. The Morgan fingerprint density at radius 1 is 0.949 bits per heavy atom. The van der Waals surface area contributed by atoms with Crippen molar-refractivity contribution >= 4 is 32.8 Å². The van der Waals surface area contributed by atoms with Crippen LogP contribution in [0.25, 0.3) is 33.4 Å². The Bertz CT molecular complexity index is 1420. The molecule has 6 rings (SSSR count). The highest BCUT2D eigenvalue weighted by Crippen LogP contribution is 2.37. The van der Waals surface area contributed by atoms with Crippen LogP contribution < -0.4 is 16.0 Å². The molecule has 9 nitrogen and oxygen atoms in total. The predicted octanol–water partition coefficient (Wildman–Crippen LogP) is 4.36. The van der Waals surface area contributed by atoms with Crippen LogP contribution in [-0.4, -0.2) is 72.0 Å². The van der Waals surface area contributed by atoms with Gasteiger partial charge in [0.15, 0.2) is 5.65 Å². The van der Waals surface area contributed by atoms with E-state index in [0.717, 1.165) is 89.4 Å². The zero-order valence-corrected chi connectivity index (χ0v) is 23.3. The molecule has 5 heterocycles. The highest BCUT2D eigenvalue weighted by atomic mass is 79.9. The monoisotopic (exact) mass is 589 g/mol. The minimum atomic E-state index is -0.132. The van der Waals surface area contributed by atoms with E-state index in [4.69, 9.17) is 19.4 Å². The van der Waals surface area contributed by atoms with Gasteiger partial charge in [-0.3, -0.25) is 4.98 Å². The van der Waals surface area contributed by atoms with E-state index in [1.165, 1.54) is 0 Å². The summed E-state index contributed by atoms with van der Waals surface area (Å²) in [6, 6.07) is 14.4. The molecule has 3 aromatic heterocycles. The van der Waals surface area contributed by atoms with E-state index in [1.54, 1.807) is 6.33 Å². The van der Waals surface area contributed by atoms with E-state index < -0.39 is 0 Å². The Morgan fingerprint density at radius 2 is 1.85 bits per heavy atom. The molecule has 2 saturated heterocycles. The molecule has 0 amide bonds. The third-order valence-corrected chi connectivity index (χ3v) is 7.58.